The number of nitrogens with zero attached hydrogens (tertiary/aromatic N) is 4. The van der Waals surface area contributed by atoms with Gasteiger partial charge >= 0.3 is 0 Å². The first kappa shape index (κ1) is 12.3. The lowest BCUT2D eigenvalue weighted by atomic mass is 9.92. The Labute approximate surface area is 112 Å². The Morgan fingerprint density at radius 2 is 2.42 bits per heavy atom. The van der Waals surface area contributed by atoms with E-state index in [-0.39, 0.29) is 5.54 Å². The van der Waals surface area contributed by atoms with E-state index < -0.39 is 0 Å². The van der Waals surface area contributed by atoms with Crippen LogP contribution in [0.5, 0.6) is 0 Å². The fraction of sp³-hybridized carbons (Fsp3) is 0.615. The van der Waals surface area contributed by atoms with Gasteiger partial charge in [-0.05, 0) is 25.8 Å². The summed E-state index contributed by atoms with van der Waals surface area (Å²) in [6.45, 7) is 3.20. The fourth-order valence-electron chi connectivity index (χ4n) is 2.81. The molecule has 6 heteroatoms. The first-order valence-corrected chi connectivity index (χ1v) is 6.82. The first-order valence-electron chi connectivity index (χ1n) is 6.82. The van der Waals surface area contributed by atoms with Gasteiger partial charge in [0.05, 0.1) is 17.3 Å². The summed E-state index contributed by atoms with van der Waals surface area (Å²) >= 11 is 0. The minimum atomic E-state index is -0.123. The van der Waals surface area contributed by atoms with Gasteiger partial charge in [0.1, 0.15) is 0 Å². The molecule has 1 N–H and O–H groups in total. The van der Waals surface area contributed by atoms with Gasteiger partial charge in [0, 0.05) is 13.2 Å². The number of nitrogens with one attached hydrogen (secondary N) is 1. The number of hydrogen-bond donors (Lipinski definition) is 1. The molecule has 1 aliphatic heterocycles. The van der Waals surface area contributed by atoms with Crippen molar-refractivity contribution in [3.05, 3.63) is 18.3 Å². The van der Waals surface area contributed by atoms with Crippen LogP contribution in [-0.4, -0.2) is 26.5 Å². The molecule has 6 nitrogen and oxygen atoms in total. The Morgan fingerprint density at radius 1 is 1.53 bits per heavy atom. The topological polar surface area (TPSA) is 68.8 Å². The molecule has 102 valence electrons. The van der Waals surface area contributed by atoms with Gasteiger partial charge in [-0.2, -0.15) is 10.1 Å². The average Bonchev–Trinajstić information content (AvgIpc) is 3.07. The van der Waals surface area contributed by atoms with E-state index >= 15 is 0 Å². The van der Waals surface area contributed by atoms with Gasteiger partial charge in [0.15, 0.2) is 0 Å². The van der Waals surface area contributed by atoms with E-state index in [2.05, 4.69) is 27.5 Å². The molecule has 1 atom stereocenters. The van der Waals surface area contributed by atoms with Gasteiger partial charge < -0.3 is 9.84 Å². The Hall–Kier alpha value is -1.69. The van der Waals surface area contributed by atoms with Gasteiger partial charge in [-0.3, -0.25) is 4.68 Å². The van der Waals surface area contributed by atoms with Crippen molar-refractivity contribution in [3.8, 4) is 11.4 Å². The molecule has 0 aromatic carbocycles. The summed E-state index contributed by atoms with van der Waals surface area (Å²) in [6, 6.07) is 0. The van der Waals surface area contributed by atoms with E-state index in [1.165, 1.54) is 0 Å². The third-order valence-electron chi connectivity index (χ3n) is 3.72. The van der Waals surface area contributed by atoms with Crippen LogP contribution in [0, 0.1) is 0 Å². The molecule has 1 unspecified atom stereocenters. The maximum absolute atomic E-state index is 5.51. The van der Waals surface area contributed by atoms with Crippen LogP contribution >= 0.6 is 0 Å². The maximum Gasteiger partial charge on any atom is 0.247 e. The van der Waals surface area contributed by atoms with Crippen LogP contribution in [0.25, 0.3) is 11.4 Å². The zero-order valence-corrected chi connectivity index (χ0v) is 11.4. The summed E-state index contributed by atoms with van der Waals surface area (Å²) in [5.41, 5.74) is 0.768. The summed E-state index contributed by atoms with van der Waals surface area (Å²) in [5.74, 6) is 1.33. The second kappa shape index (κ2) is 4.77. The molecule has 0 saturated carbocycles. The minimum absolute atomic E-state index is 0.123. The summed E-state index contributed by atoms with van der Waals surface area (Å²) in [4.78, 5) is 4.57. The highest BCUT2D eigenvalue weighted by Gasteiger charge is 2.39. The Balaban J connectivity index is 1.91. The van der Waals surface area contributed by atoms with Gasteiger partial charge in [-0.25, -0.2) is 0 Å². The summed E-state index contributed by atoms with van der Waals surface area (Å²) < 4.78 is 7.24. The normalized spacial score (nSPS) is 23.1. The molecule has 2 aromatic heterocycles. The van der Waals surface area contributed by atoms with Crippen LogP contribution in [0.4, 0.5) is 0 Å². The van der Waals surface area contributed by atoms with Crippen LogP contribution in [-0.2, 0) is 12.6 Å². The van der Waals surface area contributed by atoms with Crippen LogP contribution < -0.4 is 5.32 Å². The maximum atomic E-state index is 5.51. The standard InChI is InChI=1S/C13H19N5O/c1-3-5-13(6-4-7-14-13)12-16-11(17-19-12)10-8-15-18(2)9-10/h8-9,14H,3-7H2,1-2H3. The zero-order chi connectivity index (χ0) is 13.3. The summed E-state index contributed by atoms with van der Waals surface area (Å²) in [6.07, 6.45) is 7.99. The second-order valence-electron chi connectivity index (χ2n) is 5.19. The minimum Gasteiger partial charge on any atom is -0.337 e. The van der Waals surface area contributed by atoms with Crippen molar-refractivity contribution >= 4 is 0 Å². The van der Waals surface area contributed by atoms with Crippen LogP contribution in [0.15, 0.2) is 16.9 Å². The van der Waals surface area contributed by atoms with Crippen LogP contribution in [0.1, 0.15) is 38.5 Å². The van der Waals surface area contributed by atoms with Gasteiger partial charge in [0.25, 0.3) is 0 Å². The lowest BCUT2D eigenvalue weighted by Gasteiger charge is -2.24. The van der Waals surface area contributed by atoms with Gasteiger partial charge in [0.2, 0.25) is 11.7 Å². The number of rotatable bonds is 4. The summed E-state index contributed by atoms with van der Waals surface area (Å²) in [7, 11) is 1.88. The van der Waals surface area contributed by atoms with Crippen molar-refractivity contribution in [2.75, 3.05) is 6.54 Å². The number of aromatic nitrogens is 4. The summed E-state index contributed by atoms with van der Waals surface area (Å²) in [5, 5.41) is 11.8. The monoisotopic (exact) mass is 261 g/mol. The Morgan fingerprint density at radius 3 is 3.05 bits per heavy atom. The average molecular weight is 261 g/mol. The van der Waals surface area contributed by atoms with Crippen molar-refractivity contribution in [3.63, 3.8) is 0 Å². The molecular formula is C13H19N5O. The molecule has 3 heterocycles. The third kappa shape index (κ3) is 2.16. The molecule has 0 aliphatic carbocycles. The highest BCUT2D eigenvalue weighted by molar-refractivity contribution is 5.51. The molecule has 1 aliphatic rings. The van der Waals surface area contributed by atoms with Gasteiger partial charge in [-0.1, -0.05) is 18.5 Å². The van der Waals surface area contributed by atoms with Crippen LogP contribution in [0.2, 0.25) is 0 Å². The number of aryl methyl sites for hydroxylation is 1. The van der Waals surface area contributed by atoms with Crippen molar-refractivity contribution in [1.29, 1.82) is 0 Å². The van der Waals surface area contributed by atoms with Crippen molar-refractivity contribution < 1.29 is 4.52 Å². The third-order valence-corrected chi connectivity index (χ3v) is 3.72. The molecule has 0 spiro atoms. The number of hydrogen-bond acceptors (Lipinski definition) is 5. The van der Waals surface area contributed by atoms with Crippen molar-refractivity contribution in [1.82, 2.24) is 25.2 Å². The molecule has 3 rings (SSSR count). The first-order chi connectivity index (χ1) is 9.23. The van der Waals surface area contributed by atoms with Gasteiger partial charge in [-0.15, -0.1) is 0 Å². The van der Waals surface area contributed by atoms with E-state index in [1.807, 2.05) is 13.2 Å². The lowest BCUT2D eigenvalue weighted by molar-refractivity contribution is 0.241. The fourth-order valence-corrected chi connectivity index (χ4v) is 2.81. The lowest BCUT2D eigenvalue weighted by Crippen LogP contribution is -2.36. The van der Waals surface area contributed by atoms with E-state index in [4.69, 9.17) is 4.52 Å². The quantitative estimate of drug-likeness (QED) is 0.909. The molecule has 1 saturated heterocycles. The Kier molecular flexibility index (Phi) is 3.10. The largest absolute Gasteiger partial charge is 0.337 e. The molecule has 0 amide bonds. The van der Waals surface area contributed by atoms with E-state index in [0.717, 1.165) is 37.8 Å². The smallest absolute Gasteiger partial charge is 0.247 e. The van der Waals surface area contributed by atoms with E-state index in [9.17, 15) is 0 Å². The Bertz CT molecular complexity index is 553. The van der Waals surface area contributed by atoms with Crippen molar-refractivity contribution in [2.45, 2.75) is 38.1 Å². The zero-order valence-electron chi connectivity index (χ0n) is 11.4. The predicted molar refractivity (Wildman–Crippen MR) is 70.3 cm³/mol. The molecule has 0 radical (unpaired) electrons. The molecule has 0 bridgehead atoms. The SMILES string of the molecule is CCCC1(c2nc(-c3cnn(C)c3)no2)CCCN1. The molecular weight excluding hydrogens is 242 g/mol. The second-order valence-corrected chi connectivity index (χ2v) is 5.19. The van der Waals surface area contributed by atoms with Crippen LogP contribution in [0.3, 0.4) is 0 Å². The van der Waals surface area contributed by atoms with Crippen molar-refractivity contribution in [2.24, 2.45) is 7.05 Å². The molecule has 1 fully saturated rings. The van der Waals surface area contributed by atoms with E-state index in [1.54, 1.807) is 10.9 Å². The van der Waals surface area contributed by atoms with E-state index in [0.29, 0.717) is 11.7 Å². The molecule has 19 heavy (non-hydrogen) atoms. The molecule has 2 aromatic rings. The highest BCUT2D eigenvalue weighted by atomic mass is 16.5. The predicted octanol–water partition coefficient (Wildman–Crippen LogP) is 1.85. The highest BCUT2D eigenvalue weighted by Crippen LogP contribution is 2.35.